The molecule has 0 radical (unpaired) electrons. The van der Waals surface area contributed by atoms with Gasteiger partial charge in [-0.2, -0.15) is 0 Å². The van der Waals surface area contributed by atoms with Crippen molar-refractivity contribution in [2.45, 2.75) is 11.1 Å². The topological polar surface area (TPSA) is 73.1 Å². The van der Waals surface area contributed by atoms with E-state index in [1.807, 2.05) is 6.92 Å². The number of rotatable bonds is 3. The zero-order chi connectivity index (χ0) is 16.1. The van der Waals surface area contributed by atoms with Crippen LogP contribution in [0.15, 0.2) is 39.3 Å². The van der Waals surface area contributed by atoms with E-state index in [4.69, 9.17) is 0 Å². The van der Waals surface area contributed by atoms with Gasteiger partial charge < -0.3 is 0 Å². The average Bonchev–Trinajstić information content (AvgIpc) is 2.99. The number of imidazole rings is 1. The molecule has 0 amide bonds. The maximum absolute atomic E-state index is 12.3. The highest BCUT2D eigenvalue weighted by Gasteiger charge is 2.17. The Labute approximate surface area is 131 Å². The SMILES string of the molecule is Cc1ccc(S(=O)(=O)Nc2ccc3c(c2)n(C)c(=O)n3C)s1. The van der Waals surface area contributed by atoms with Gasteiger partial charge in [-0.05, 0) is 37.3 Å². The van der Waals surface area contributed by atoms with Crippen LogP contribution in [0.1, 0.15) is 4.88 Å². The Balaban J connectivity index is 2.05. The van der Waals surface area contributed by atoms with Gasteiger partial charge in [0.15, 0.2) is 0 Å². The minimum absolute atomic E-state index is 0.149. The molecule has 0 atom stereocenters. The largest absolute Gasteiger partial charge is 0.328 e. The van der Waals surface area contributed by atoms with Crippen LogP contribution in [0.4, 0.5) is 5.69 Å². The van der Waals surface area contributed by atoms with Gasteiger partial charge in [0.25, 0.3) is 10.0 Å². The highest BCUT2D eigenvalue weighted by atomic mass is 32.2. The standard InChI is InChI=1S/C14H15N3O3S2/c1-9-4-7-13(21-9)22(19,20)15-10-5-6-11-12(8-10)17(3)14(18)16(11)2/h4-8,15H,1-3H3. The Morgan fingerprint density at radius 3 is 2.36 bits per heavy atom. The van der Waals surface area contributed by atoms with Crippen molar-refractivity contribution in [3.63, 3.8) is 0 Å². The maximum Gasteiger partial charge on any atom is 0.328 e. The van der Waals surface area contributed by atoms with E-state index < -0.39 is 10.0 Å². The summed E-state index contributed by atoms with van der Waals surface area (Å²) in [6, 6.07) is 8.39. The molecule has 0 fully saturated rings. The molecule has 1 N–H and O–H groups in total. The molecule has 0 saturated carbocycles. The van der Waals surface area contributed by atoms with Crippen molar-refractivity contribution >= 4 is 38.1 Å². The minimum Gasteiger partial charge on any atom is -0.295 e. The van der Waals surface area contributed by atoms with Gasteiger partial charge >= 0.3 is 5.69 Å². The van der Waals surface area contributed by atoms with Crippen molar-refractivity contribution in [2.75, 3.05) is 4.72 Å². The van der Waals surface area contributed by atoms with Crippen LogP contribution in [-0.2, 0) is 24.1 Å². The summed E-state index contributed by atoms with van der Waals surface area (Å²) in [5.41, 5.74) is 1.71. The molecule has 0 aliphatic heterocycles. The van der Waals surface area contributed by atoms with Crippen LogP contribution >= 0.6 is 11.3 Å². The van der Waals surface area contributed by atoms with Gasteiger partial charge in [-0.3, -0.25) is 13.9 Å². The number of thiophene rings is 1. The lowest BCUT2D eigenvalue weighted by Gasteiger charge is -2.06. The molecule has 0 saturated heterocycles. The second kappa shape index (κ2) is 4.99. The molecule has 1 aromatic carbocycles. The number of nitrogens with zero attached hydrogens (tertiary/aromatic N) is 2. The van der Waals surface area contributed by atoms with Crippen LogP contribution < -0.4 is 10.4 Å². The van der Waals surface area contributed by atoms with Gasteiger partial charge in [0.1, 0.15) is 4.21 Å². The molecule has 0 aliphatic rings. The van der Waals surface area contributed by atoms with E-state index in [1.165, 1.54) is 20.5 Å². The Kier molecular flexibility index (Phi) is 3.37. The van der Waals surface area contributed by atoms with Crippen molar-refractivity contribution < 1.29 is 8.42 Å². The first-order chi connectivity index (χ1) is 10.3. The maximum atomic E-state index is 12.3. The van der Waals surface area contributed by atoms with Crippen LogP contribution in [-0.4, -0.2) is 17.6 Å². The van der Waals surface area contributed by atoms with Gasteiger partial charge in [-0.15, -0.1) is 11.3 Å². The lowest BCUT2D eigenvalue weighted by Crippen LogP contribution is -2.19. The van der Waals surface area contributed by atoms with Crippen LogP contribution in [0.5, 0.6) is 0 Å². The molecular weight excluding hydrogens is 322 g/mol. The van der Waals surface area contributed by atoms with Crippen molar-refractivity contribution in [2.24, 2.45) is 14.1 Å². The number of hydrogen-bond acceptors (Lipinski definition) is 4. The molecular formula is C14H15N3O3S2. The highest BCUT2D eigenvalue weighted by Crippen LogP contribution is 2.25. The number of hydrogen-bond donors (Lipinski definition) is 1. The second-order valence-corrected chi connectivity index (χ2v) is 8.27. The molecule has 3 aromatic rings. The molecule has 0 unspecified atom stereocenters. The second-order valence-electron chi connectivity index (χ2n) is 5.07. The number of sulfonamides is 1. The van der Waals surface area contributed by atoms with Crippen molar-refractivity contribution in [1.29, 1.82) is 0 Å². The van der Waals surface area contributed by atoms with Gasteiger partial charge in [-0.1, -0.05) is 0 Å². The molecule has 8 heteroatoms. The zero-order valence-electron chi connectivity index (χ0n) is 12.3. The molecule has 22 heavy (non-hydrogen) atoms. The highest BCUT2D eigenvalue weighted by molar-refractivity contribution is 7.94. The fraction of sp³-hybridized carbons (Fsp3) is 0.214. The summed E-state index contributed by atoms with van der Waals surface area (Å²) in [5.74, 6) is 0. The number of fused-ring (bicyclic) bond motifs is 1. The summed E-state index contributed by atoms with van der Waals surface area (Å²) in [6.45, 7) is 1.86. The van der Waals surface area contributed by atoms with Crippen LogP contribution in [0.2, 0.25) is 0 Å². The Morgan fingerprint density at radius 2 is 1.73 bits per heavy atom. The van der Waals surface area contributed by atoms with E-state index in [9.17, 15) is 13.2 Å². The third-order valence-corrected chi connectivity index (χ3v) is 6.38. The smallest absolute Gasteiger partial charge is 0.295 e. The van der Waals surface area contributed by atoms with Crippen LogP contribution in [0.25, 0.3) is 11.0 Å². The van der Waals surface area contributed by atoms with Crippen molar-refractivity contribution in [3.05, 3.63) is 45.7 Å². The van der Waals surface area contributed by atoms with Crippen LogP contribution in [0.3, 0.4) is 0 Å². The third kappa shape index (κ3) is 2.34. The Morgan fingerprint density at radius 1 is 1.05 bits per heavy atom. The molecule has 2 aromatic heterocycles. The number of nitrogens with one attached hydrogen (secondary N) is 1. The minimum atomic E-state index is -3.60. The van der Waals surface area contributed by atoms with E-state index in [2.05, 4.69) is 4.72 Å². The number of aryl methyl sites for hydroxylation is 3. The first-order valence-electron chi connectivity index (χ1n) is 6.54. The third-order valence-electron chi connectivity index (χ3n) is 3.50. The van der Waals surface area contributed by atoms with Crippen molar-refractivity contribution in [3.8, 4) is 0 Å². The van der Waals surface area contributed by atoms with Crippen molar-refractivity contribution in [1.82, 2.24) is 9.13 Å². The molecule has 0 aliphatic carbocycles. The summed E-state index contributed by atoms with van der Waals surface area (Å²) in [4.78, 5) is 12.8. The lowest BCUT2D eigenvalue weighted by atomic mass is 10.3. The zero-order valence-corrected chi connectivity index (χ0v) is 14.0. The summed E-state index contributed by atoms with van der Waals surface area (Å²) < 4.78 is 30.5. The fourth-order valence-electron chi connectivity index (χ4n) is 2.33. The molecule has 0 bridgehead atoms. The first kappa shape index (κ1) is 14.9. The van der Waals surface area contributed by atoms with Gasteiger partial charge in [0.05, 0.1) is 16.7 Å². The van der Waals surface area contributed by atoms with E-state index in [1.54, 1.807) is 44.4 Å². The number of aromatic nitrogens is 2. The molecule has 6 nitrogen and oxygen atoms in total. The monoisotopic (exact) mass is 337 g/mol. The summed E-state index contributed by atoms with van der Waals surface area (Å²) in [6.07, 6.45) is 0. The number of anilines is 1. The summed E-state index contributed by atoms with van der Waals surface area (Å²) in [5, 5.41) is 0. The molecule has 116 valence electrons. The Bertz CT molecular complexity index is 1030. The van der Waals surface area contributed by atoms with E-state index in [0.29, 0.717) is 11.2 Å². The number of benzene rings is 1. The molecule has 2 heterocycles. The molecule has 0 spiro atoms. The normalized spacial score (nSPS) is 12.0. The van der Waals surface area contributed by atoms with Crippen LogP contribution in [0, 0.1) is 6.92 Å². The van der Waals surface area contributed by atoms with Gasteiger partial charge in [0, 0.05) is 19.0 Å². The average molecular weight is 337 g/mol. The molecule has 3 rings (SSSR count). The van der Waals surface area contributed by atoms with E-state index >= 15 is 0 Å². The quantitative estimate of drug-likeness (QED) is 0.795. The predicted octanol–water partition coefficient (Wildman–Crippen LogP) is 2.05. The summed E-state index contributed by atoms with van der Waals surface area (Å²) in [7, 11) is -0.261. The van der Waals surface area contributed by atoms with E-state index in [0.717, 1.165) is 10.4 Å². The summed E-state index contributed by atoms with van der Waals surface area (Å²) >= 11 is 1.22. The predicted molar refractivity (Wildman–Crippen MR) is 88.0 cm³/mol. The lowest BCUT2D eigenvalue weighted by molar-refractivity contribution is 0.603. The Hall–Kier alpha value is -2.06. The first-order valence-corrected chi connectivity index (χ1v) is 8.84. The van der Waals surface area contributed by atoms with E-state index in [-0.39, 0.29) is 9.90 Å². The fourth-order valence-corrected chi connectivity index (χ4v) is 4.66. The van der Waals surface area contributed by atoms with Gasteiger partial charge in [-0.25, -0.2) is 13.2 Å². The van der Waals surface area contributed by atoms with Gasteiger partial charge in [0.2, 0.25) is 0 Å².